The molecule has 0 atom stereocenters. The maximum Gasteiger partial charge on any atom is 0.294 e. The zero-order valence-corrected chi connectivity index (χ0v) is 15.8. The molecular weight excluding hydrogens is 364 g/mol. The molecule has 0 saturated heterocycles. The zero-order valence-electron chi connectivity index (χ0n) is 15.1. The number of hydrogen-bond donors (Lipinski definition) is 1. The van der Waals surface area contributed by atoms with E-state index in [4.69, 9.17) is 16.3 Å². The molecule has 2 amide bonds. The number of halogens is 1. The number of amides is 2. The Labute approximate surface area is 163 Å². The fourth-order valence-electron chi connectivity index (χ4n) is 2.77. The molecule has 27 heavy (non-hydrogen) atoms. The van der Waals surface area contributed by atoms with Crippen molar-refractivity contribution >= 4 is 35.2 Å². The molecule has 1 N–H and O–H groups in total. The number of nitrogens with zero attached hydrogens (tertiary/aromatic N) is 1. The predicted octanol–water partition coefficient (Wildman–Crippen LogP) is 4.02. The van der Waals surface area contributed by atoms with Crippen LogP contribution in [0.15, 0.2) is 54.3 Å². The van der Waals surface area contributed by atoms with Gasteiger partial charge in [-0.1, -0.05) is 49.2 Å². The minimum absolute atomic E-state index is 0.0597. The van der Waals surface area contributed by atoms with Crippen LogP contribution < -0.4 is 15.0 Å². The van der Waals surface area contributed by atoms with Gasteiger partial charge in [0, 0.05) is 11.6 Å². The highest BCUT2D eigenvalue weighted by atomic mass is 35.5. The number of unbranched alkanes of at least 4 members (excludes halogenated alkanes) is 1. The molecule has 1 heterocycles. The van der Waals surface area contributed by atoms with Gasteiger partial charge in [0.05, 0.1) is 5.69 Å². The Bertz CT molecular complexity index is 879. The van der Waals surface area contributed by atoms with Crippen molar-refractivity contribution in [2.75, 3.05) is 18.0 Å². The van der Waals surface area contributed by atoms with Crippen LogP contribution in [0.4, 0.5) is 5.69 Å². The minimum atomic E-state index is -0.362. The molecule has 1 aliphatic rings. The van der Waals surface area contributed by atoms with Gasteiger partial charge in [0.2, 0.25) is 5.91 Å². The van der Waals surface area contributed by atoms with Crippen molar-refractivity contribution in [2.24, 2.45) is 0 Å². The Balaban J connectivity index is 1.87. The van der Waals surface area contributed by atoms with Crippen LogP contribution >= 0.6 is 11.6 Å². The highest BCUT2D eigenvalue weighted by Crippen LogP contribution is 2.35. The molecule has 0 fully saturated rings. The van der Waals surface area contributed by atoms with Crippen LogP contribution in [0.2, 0.25) is 5.02 Å². The third-order valence-electron chi connectivity index (χ3n) is 4.13. The maximum atomic E-state index is 13.0. The normalized spacial score (nSPS) is 14.7. The largest absolute Gasteiger partial charge is 0.449 e. The second-order valence-electron chi connectivity index (χ2n) is 6.23. The molecule has 140 valence electrons. The van der Waals surface area contributed by atoms with E-state index >= 15 is 0 Å². The van der Waals surface area contributed by atoms with E-state index in [-0.39, 0.29) is 24.1 Å². The van der Waals surface area contributed by atoms with Crippen molar-refractivity contribution in [1.82, 2.24) is 5.32 Å². The lowest BCUT2D eigenvalue weighted by Gasteiger charge is -2.30. The number of anilines is 1. The summed E-state index contributed by atoms with van der Waals surface area (Å²) >= 11 is 6.02. The van der Waals surface area contributed by atoms with E-state index in [1.807, 2.05) is 18.2 Å². The summed E-state index contributed by atoms with van der Waals surface area (Å²) in [6, 6.07) is 14.3. The van der Waals surface area contributed by atoms with Crippen LogP contribution in [-0.4, -0.2) is 24.9 Å². The van der Waals surface area contributed by atoms with Crippen LogP contribution in [0, 0.1) is 0 Å². The Kier molecular flexibility index (Phi) is 6.14. The van der Waals surface area contributed by atoms with Crippen LogP contribution in [0.25, 0.3) is 6.08 Å². The van der Waals surface area contributed by atoms with Gasteiger partial charge in [-0.2, -0.15) is 0 Å². The molecule has 3 rings (SSSR count). The van der Waals surface area contributed by atoms with Crippen molar-refractivity contribution in [2.45, 2.75) is 19.8 Å². The number of para-hydroxylation sites is 2. The van der Waals surface area contributed by atoms with Crippen molar-refractivity contribution in [3.05, 3.63) is 64.9 Å². The van der Waals surface area contributed by atoms with Crippen molar-refractivity contribution in [3.63, 3.8) is 0 Å². The van der Waals surface area contributed by atoms with E-state index < -0.39 is 0 Å². The SMILES string of the molecule is CCCCNC(=O)CN1C(=O)/C(=C\c2cccc(Cl)c2)Oc2ccccc21. The molecule has 1 aliphatic heterocycles. The molecule has 0 spiro atoms. The Morgan fingerprint density at radius 1 is 1.22 bits per heavy atom. The number of carbonyl (C=O) groups is 2. The van der Waals surface area contributed by atoms with E-state index in [1.165, 1.54) is 4.90 Å². The average Bonchev–Trinajstić information content (AvgIpc) is 2.65. The zero-order chi connectivity index (χ0) is 19.2. The Morgan fingerprint density at radius 2 is 2.04 bits per heavy atom. The predicted molar refractivity (Wildman–Crippen MR) is 107 cm³/mol. The van der Waals surface area contributed by atoms with E-state index in [2.05, 4.69) is 12.2 Å². The lowest BCUT2D eigenvalue weighted by molar-refractivity contribution is -0.123. The second kappa shape index (κ2) is 8.73. The summed E-state index contributed by atoms with van der Waals surface area (Å²) < 4.78 is 5.79. The molecule has 0 radical (unpaired) electrons. The van der Waals surface area contributed by atoms with Crippen LogP contribution in [0.3, 0.4) is 0 Å². The lowest BCUT2D eigenvalue weighted by Crippen LogP contribution is -2.44. The van der Waals surface area contributed by atoms with E-state index in [9.17, 15) is 9.59 Å². The van der Waals surface area contributed by atoms with Gasteiger partial charge in [0.25, 0.3) is 5.91 Å². The Morgan fingerprint density at radius 3 is 2.81 bits per heavy atom. The number of fused-ring (bicyclic) bond motifs is 1. The van der Waals surface area contributed by atoms with Crippen molar-refractivity contribution < 1.29 is 14.3 Å². The summed E-state index contributed by atoms with van der Waals surface area (Å²) in [4.78, 5) is 26.7. The quantitative estimate of drug-likeness (QED) is 0.604. The fourth-order valence-corrected chi connectivity index (χ4v) is 2.97. The molecule has 0 bridgehead atoms. The first-order valence-corrected chi connectivity index (χ1v) is 9.29. The van der Waals surface area contributed by atoms with Crippen LogP contribution in [-0.2, 0) is 9.59 Å². The van der Waals surface area contributed by atoms with E-state index in [1.54, 1.807) is 36.4 Å². The molecule has 0 saturated carbocycles. The fraction of sp³-hybridized carbons (Fsp3) is 0.238. The van der Waals surface area contributed by atoms with Gasteiger partial charge in [0.1, 0.15) is 6.54 Å². The molecule has 2 aromatic carbocycles. The highest BCUT2D eigenvalue weighted by Gasteiger charge is 2.31. The summed E-state index contributed by atoms with van der Waals surface area (Å²) in [5.74, 6) is 0.124. The summed E-state index contributed by atoms with van der Waals surface area (Å²) in [7, 11) is 0. The Hall–Kier alpha value is -2.79. The van der Waals surface area contributed by atoms with Crippen LogP contribution in [0.5, 0.6) is 5.75 Å². The summed E-state index contributed by atoms with van der Waals surface area (Å²) in [5.41, 5.74) is 1.33. The smallest absolute Gasteiger partial charge is 0.294 e. The molecule has 2 aromatic rings. The second-order valence-corrected chi connectivity index (χ2v) is 6.66. The first-order chi connectivity index (χ1) is 13.1. The number of hydrogen-bond acceptors (Lipinski definition) is 3. The minimum Gasteiger partial charge on any atom is -0.449 e. The van der Waals surface area contributed by atoms with E-state index in [0.29, 0.717) is 23.0 Å². The first-order valence-electron chi connectivity index (χ1n) is 8.91. The summed E-state index contributed by atoms with van der Waals surface area (Å²) in [6.07, 6.45) is 3.53. The maximum absolute atomic E-state index is 13.0. The molecule has 0 unspecified atom stereocenters. The monoisotopic (exact) mass is 384 g/mol. The third kappa shape index (κ3) is 4.68. The number of ether oxygens (including phenoxy) is 1. The highest BCUT2D eigenvalue weighted by molar-refractivity contribution is 6.30. The standard InChI is InChI=1S/C21H21ClN2O3/c1-2-3-11-23-20(25)14-24-17-9-4-5-10-18(17)27-19(21(24)26)13-15-7-6-8-16(22)12-15/h4-10,12-13H,2-3,11,14H2,1H3,(H,23,25)/b19-13+. The number of rotatable bonds is 6. The van der Waals surface area contributed by atoms with Crippen molar-refractivity contribution in [3.8, 4) is 5.75 Å². The molecule has 0 aromatic heterocycles. The third-order valence-corrected chi connectivity index (χ3v) is 4.37. The van der Waals surface area contributed by atoms with Gasteiger partial charge in [-0.3, -0.25) is 14.5 Å². The first kappa shape index (κ1) is 19.0. The van der Waals surface area contributed by atoms with Crippen molar-refractivity contribution in [1.29, 1.82) is 0 Å². The van der Waals surface area contributed by atoms with Crippen LogP contribution in [0.1, 0.15) is 25.3 Å². The summed E-state index contributed by atoms with van der Waals surface area (Å²) in [6.45, 7) is 2.59. The van der Waals surface area contributed by atoms with E-state index in [0.717, 1.165) is 18.4 Å². The van der Waals surface area contributed by atoms with Gasteiger partial charge >= 0.3 is 0 Å². The number of carbonyl (C=O) groups excluding carboxylic acids is 2. The molecule has 0 aliphatic carbocycles. The topological polar surface area (TPSA) is 58.6 Å². The van der Waals surface area contributed by atoms with Gasteiger partial charge in [-0.25, -0.2) is 0 Å². The molecule has 6 heteroatoms. The molecule has 5 nitrogen and oxygen atoms in total. The van der Waals surface area contributed by atoms with Gasteiger partial charge in [0.15, 0.2) is 11.5 Å². The van der Waals surface area contributed by atoms with Gasteiger partial charge < -0.3 is 10.1 Å². The number of nitrogens with one attached hydrogen (secondary N) is 1. The average molecular weight is 385 g/mol. The van der Waals surface area contributed by atoms with Gasteiger partial charge in [-0.05, 0) is 42.3 Å². The number of benzene rings is 2. The summed E-state index contributed by atoms with van der Waals surface area (Å²) in [5, 5.41) is 3.41. The molecular formula is C21H21ClN2O3. The lowest BCUT2D eigenvalue weighted by atomic mass is 10.1. The van der Waals surface area contributed by atoms with Gasteiger partial charge in [-0.15, -0.1) is 0 Å².